The van der Waals surface area contributed by atoms with Gasteiger partial charge in [-0.15, -0.1) is 0 Å². The Morgan fingerprint density at radius 1 is 1.33 bits per heavy atom. The van der Waals surface area contributed by atoms with E-state index in [2.05, 4.69) is 28.8 Å². The van der Waals surface area contributed by atoms with Crippen molar-refractivity contribution < 1.29 is 0 Å². The van der Waals surface area contributed by atoms with Crippen molar-refractivity contribution in [3.05, 3.63) is 29.8 Å². The predicted molar refractivity (Wildman–Crippen MR) is 72.3 cm³/mol. The summed E-state index contributed by atoms with van der Waals surface area (Å²) in [4.78, 5) is 0. The first kappa shape index (κ1) is 11.6. The number of anilines is 1. The van der Waals surface area contributed by atoms with Crippen LogP contribution in [0.2, 0.25) is 0 Å². The van der Waals surface area contributed by atoms with Crippen molar-refractivity contribution in [2.24, 2.45) is 5.41 Å². The van der Waals surface area contributed by atoms with Crippen molar-refractivity contribution >= 4 is 5.69 Å². The Morgan fingerprint density at radius 2 is 2.11 bits per heavy atom. The number of rotatable bonds is 3. The second kappa shape index (κ2) is 4.62. The van der Waals surface area contributed by atoms with Crippen LogP contribution >= 0.6 is 0 Å². The smallest absolute Gasteiger partial charge is 0.0669 e. The molecule has 2 fully saturated rings. The molecule has 1 spiro atoms. The molecular formula is C15H19N3. The minimum absolute atomic E-state index is 0.499. The molecule has 1 aromatic rings. The number of nitrogens with one attached hydrogen (secondary N) is 2. The van der Waals surface area contributed by atoms with E-state index in [9.17, 15) is 0 Å². The summed E-state index contributed by atoms with van der Waals surface area (Å²) in [5.41, 5.74) is 2.87. The van der Waals surface area contributed by atoms with Gasteiger partial charge in [-0.25, -0.2) is 0 Å². The zero-order chi connectivity index (χ0) is 12.4. The molecular weight excluding hydrogens is 222 g/mol. The summed E-state index contributed by atoms with van der Waals surface area (Å²) in [6.45, 7) is 2.40. The van der Waals surface area contributed by atoms with E-state index >= 15 is 0 Å². The van der Waals surface area contributed by atoms with E-state index < -0.39 is 0 Å². The number of hydrogen-bond acceptors (Lipinski definition) is 3. The third kappa shape index (κ3) is 2.21. The Bertz CT molecular complexity index is 454. The average Bonchev–Trinajstić information content (AvgIpc) is 2.76. The molecule has 1 saturated carbocycles. The normalized spacial score (nSPS) is 24.5. The second-order valence-corrected chi connectivity index (χ2v) is 5.72. The van der Waals surface area contributed by atoms with Gasteiger partial charge < -0.3 is 10.6 Å². The van der Waals surface area contributed by atoms with Crippen LogP contribution in [0.3, 0.4) is 0 Å². The number of hydrogen-bond donors (Lipinski definition) is 2. The standard InChI is InChI=1S/C15H19N3/c16-8-6-12-1-3-13(4-2-12)18-14-5-7-15(9-14)10-17-11-15/h1-4,14,17-18H,5-7,9-11H2. The monoisotopic (exact) mass is 241 g/mol. The fourth-order valence-corrected chi connectivity index (χ4v) is 3.18. The Morgan fingerprint density at radius 3 is 2.67 bits per heavy atom. The lowest BCUT2D eigenvalue weighted by molar-refractivity contribution is 0.176. The van der Waals surface area contributed by atoms with Gasteiger partial charge in [0.25, 0.3) is 0 Å². The van der Waals surface area contributed by atoms with Gasteiger partial charge in [-0.3, -0.25) is 0 Å². The Kier molecular flexibility index (Phi) is 2.97. The van der Waals surface area contributed by atoms with E-state index in [1.54, 1.807) is 0 Å². The van der Waals surface area contributed by atoms with Crippen molar-refractivity contribution in [1.29, 1.82) is 5.26 Å². The topological polar surface area (TPSA) is 47.9 Å². The highest BCUT2D eigenvalue weighted by Gasteiger charge is 2.43. The Hall–Kier alpha value is -1.53. The maximum Gasteiger partial charge on any atom is 0.0669 e. The molecule has 0 radical (unpaired) electrons. The zero-order valence-corrected chi connectivity index (χ0v) is 10.6. The lowest BCUT2D eigenvalue weighted by Gasteiger charge is -2.39. The highest BCUT2D eigenvalue weighted by Crippen LogP contribution is 2.42. The molecule has 94 valence electrons. The molecule has 18 heavy (non-hydrogen) atoms. The summed E-state index contributed by atoms with van der Waals surface area (Å²) in [6.07, 6.45) is 4.42. The molecule has 1 saturated heterocycles. The van der Waals surface area contributed by atoms with E-state index in [1.807, 2.05) is 12.1 Å². The number of benzene rings is 1. The van der Waals surface area contributed by atoms with Crippen LogP contribution in [0.5, 0.6) is 0 Å². The van der Waals surface area contributed by atoms with Crippen molar-refractivity contribution in [3.63, 3.8) is 0 Å². The van der Waals surface area contributed by atoms with Gasteiger partial charge in [0.05, 0.1) is 12.5 Å². The van der Waals surface area contributed by atoms with Gasteiger partial charge in [0.1, 0.15) is 0 Å². The van der Waals surface area contributed by atoms with Gasteiger partial charge in [-0.05, 0) is 42.4 Å². The van der Waals surface area contributed by atoms with Gasteiger partial charge in [0.15, 0.2) is 0 Å². The van der Waals surface area contributed by atoms with Crippen molar-refractivity contribution in [2.75, 3.05) is 18.4 Å². The molecule has 1 atom stereocenters. The molecule has 0 amide bonds. The van der Waals surface area contributed by atoms with Crippen LogP contribution < -0.4 is 10.6 Å². The average molecular weight is 241 g/mol. The van der Waals surface area contributed by atoms with Gasteiger partial charge in [0.2, 0.25) is 0 Å². The molecule has 1 heterocycles. The van der Waals surface area contributed by atoms with Gasteiger partial charge in [0, 0.05) is 24.8 Å². The number of nitriles is 1. The lowest BCUT2D eigenvalue weighted by Crippen LogP contribution is -2.52. The van der Waals surface area contributed by atoms with Crippen LogP contribution in [0.1, 0.15) is 24.8 Å². The predicted octanol–water partition coefficient (Wildman–Crippen LogP) is 2.31. The summed E-state index contributed by atoms with van der Waals surface area (Å²) in [5.74, 6) is 0. The van der Waals surface area contributed by atoms with Crippen LogP contribution in [-0.2, 0) is 6.42 Å². The minimum atomic E-state index is 0.499. The van der Waals surface area contributed by atoms with E-state index in [0.29, 0.717) is 17.9 Å². The molecule has 3 heteroatoms. The van der Waals surface area contributed by atoms with Crippen molar-refractivity contribution in [1.82, 2.24) is 5.32 Å². The summed E-state index contributed by atoms with van der Waals surface area (Å²) < 4.78 is 0. The van der Waals surface area contributed by atoms with Crippen molar-refractivity contribution in [3.8, 4) is 6.07 Å². The molecule has 3 rings (SSSR count). The Balaban J connectivity index is 1.58. The first-order chi connectivity index (χ1) is 8.80. The highest BCUT2D eigenvalue weighted by atomic mass is 15.0. The largest absolute Gasteiger partial charge is 0.382 e. The van der Waals surface area contributed by atoms with Gasteiger partial charge in [-0.2, -0.15) is 5.26 Å². The highest BCUT2D eigenvalue weighted by molar-refractivity contribution is 5.46. The summed E-state index contributed by atoms with van der Waals surface area (Å²) in [7, 11) is 0. The maximum absolute atomic E-state index is 8.64. The third-order valence-corrected chi connectivity index (χ3v) is 4.31. The quantitative estimate of drug-likeness (QED) is 0.853. The van der Waals surface area contributed by atoms with Gasteiger partial charge in [-0.1, -0.05) is 12.1 Å². The van der Waals surface area contributed by atoms with E-state index in [0.717, 1.165) is 5.56 Å². The molecule has 0 bridgehead atoms. The zero-order valence-electron chi connectivity index (χ0n) is 10.6. The summed E-state index contributed by atoms with van der Waals surface area (Å²) in [6, 6.07) is 11.1. The fraction of sp³-hybridized carbons (Fsp3) is 0.533. The van der Waals surface area contributed by atoms with E-state index in [4.69, 9.17) is 5.26 Å². The molecule has 3 nitrogen and oxygen atoms in total. The Labute approximate surface area is 108 Å². The maximum atomic E-state index is 8.64. The SMILES string of the molecule is N#CCc1ccc(NC2CCC3(CNC3)C2)cc1. The molecule has 2 N–H and O–H groups in total. The van der Waals surface area contributed by atoms with Crippen LogP contribution in [0.15, 0.2) is 24.3 Å². The molecule has 1 aliphatic carbocycles. The molecule has 1 aliphatic heterocycles. The third-order valence-electron chi connectivity index (χ3n) is 4.31. The summed E-state index contributed by atoms with van der Waals surface area (Å²) in [5, 5.41) is 15.7. The fourth-order valence-electron chi connectivity index (χ4n) is 3.18. The lowest BCUT2D eigenvalue weighted by atomic mass is 9.80. The van der Waals surface area contributed by atoms with E-state index in [-0.39, 0.29) is 0 Å². The van der Waals surface area contributed by atoms with Gasteiger partial charge >= 0.3 is 0 Å². The summed E-state index contributed by atoms with van der Waals surface area (Å²) >= 11 is 0. The molecule has 2 aliphatic rings. The van der Waals surface area contributed by atoms with E-state index in [1.165, 1.54) is 38.0 Å². The van der Waals surface area contributed by atoms with Crippen LogP contribution in [0, 0.1) is 16.7 Å². The second-order valence-electron chi connectivity index (χ2n) is 5.72. The number of nitrogens with zero attached hydrogens (tertiary/aromatic N) is 1. The molecule has 0 aromatic heterocycles. The molecule has 1 aromatic carbocycles. The van der Waals surface area contributed by atoms with Crippen LogP contribution in [0.4, 0.5) is 5.69 Å². The first-order valence-electron chi connectivity index (χ1n) is 6.73. The first-order valence-corrected chi connectivity index (χ1v) is 6.73. The minimum Gasteiger partial charge on any atom is -0.382 e. The van der Waals surface area contributed by atoms with Crippen molar-refractivity contribution in [2.45, 2.75) is 31.7 Å². The van der Waals surface area contributed by atoms with Crippen LogP contribution in [-0.4, -0.2) is 19.1 Å². The van der Waals surface area contributed by atoms with Crippen LogP contribution in [0.25, 0.3) is 0 Å². The molecule has 1 unspecified atom stereocenters.